The largest absolute Gasteiger partial charge is 0.383 e. The number of carbonyl (C=O) groups excluding carboxylic acids is 1. The molecule has 3 heterocycles. The van der Waals surface area contributed by atoms with Crippen LogP contribution in [0.4, 0.5) is 4.79 Å². The summed E-state index contributed by atoms with van der Waals surface area (Å²) >= 11 is 0. The van der Waals surface area contributed by atoms with Crippen LogP contribution in [0.1, 0.15) is 50.3 Å². The SMILES string of the molecule is COCCn1c([C@H]2CCN(C(=O)NC3CCCCC3)C2)nc2cccnc21. The highest BCUT2D eigenvalue weighted by Gasteiger charge is 2.32. The predicted octanol–water partition coefficient (Wildman–Crippen LogP) is 2.91. The van der Waals surface area contributed by atoms with Crippen LogP contribution in [0.25, 0.3) is 11.2 Å². The zero-order valence-electron chi connectivity index (χ0n) is 16.1. The van der Waals surface area contributed by atoms with Crippen LogP contribution in [0.3, 0.4) is 0 Å². The fourth-order valence-corrected chi connectivity index (χ4v) is 4.36. The number of nitrogens with zero attached hydrogens (tertiary/aromatic N) is 4. The van der Waals surface area contributed by atoms with Gasteiger partial charge in [0.25, 0.3) is 0 Å². The zero-order valence-corrected chi connectivity index (χ0v) is 16.1. The van der Waals surface area contributed by atoms with Crippen molar-refractivity contribution >= 4 is 17.2 Å². The number of aromatic nitrogens is 3. The highest BCUT2D eigenvalue weighted by Crippen LogP contribution is 2.29. The summed E-state index contributed by atoms with van der Waals surface area (Å²) in [6.07, 6.45) is 8.71. The average molecular weight is 371 g/mol. The van der Waals surface area contributed by atoms with Crippen LogP contribution in [0, 0.1) is 0 Å². The highest BCUT2D eigenvalue weighted by molar-refractivity contribution is 5.75. The maximum Gasteiger partial charge on any atom is 0.317 e. The van der Waals surface area contributed by atoms with Crippen LogP contribution in [-0.2, 0) is 11.3 Å². The number of nitrogens with one attached hydrogen (secondary N) is 1. The van der Waals surface area contributed by atoms with Gasteiger partial charge in [-0.3, -0.25) is 0 Å². The Labute approximate surface area is 160 Å². The molecule has 1 aliphatic heterocycles. The quantitative estimate of drug-likeness (QED) is 0.877. The van der Waals surface area contributed by atoms with Crippen molar-refractivity contribution in [1.82, 2.24) is 24.8 Å². The number of methoxy groups -OCH3 is 1. The Bertz CT molecular complexity index is 784. The molecule has 1 saturated carbocycles. The van der Waals surface area contributed by atoms with E-state index >= 15 is 0 Å². The van der Waals surface area contributed by atoms with Gasteiger partial charge in [-0.15, -0.1) is 0 Å². The molecule has 2 aromatic heterocycles. The van der Waals surface area contributed by atoms with E-state index in [1.807, 2.05) is 17.0 Å². The molecule has 7 heteroatoms. The minimum atomic E-state index is 0.0853. The molecule has 2 fully saturated rings. The molecule has 146 valence electrons. The minimum absolute atomic E-state index is 0.0853. The molecular weight excluding hydrogens is 342 g/mol. The van der Waals surface area contributed by atoms with Gasteiger partial charge in [-0.1, -0.05) is 19.3 Å². The lowest BCUT2D eigenvalue weighted by Gasteiger charge is -2.26. The van der Waals surface area contributed by atoms with E-state index in [0.717, 1.165) is 55.9 Å². The molecule has 1 N–H and O–H groups in total. The molecule has 2 aromatic rings. The first kappa shape index (κ1) is 18.2. The van der Waals surface area contributed by atoms with Crippen LogP contribution in [-0.4, -0.2) is 58.3 Å². The van der Waals surface area contributed by atoms with Gasteiger partial charge in [0.15, 0.2) is 5.65 Å². The summed E-state index contributed by atoms with van der Waals surface area (Å²) in [4.78, 5) is 24.0. The van der Waals surface area contributed by atoms with Crippen LogP contribution in [0.5, 0.6) is 0 Å². The zero-order chi connectivity index (χ0) is 18.6. The third-order valence-corrected chi connectivity index (χ3v) is 5.83. The van der Waals surface area contributed by atoms with Gasteiger partial charge in [0.2, 0.25) is 0 Å². The van der Waals surface area contributed by atoms with E-state index in [2.05, 4.69) is 14.9 Å². The van der Waals surface area contributed by atoms with Crippen LogP contribution >= 0.6 is 0 Å². The first-order chi connectivity index (χ1) is 13.3. The molecule has 0 unspecified atom stereocenters. The molecule has 0 spiro atoms. The molecule has 0 aromatic carbocycles. The molecule has 0 bridgehead atoms. The van der Waals surface area contributed by atoms with E-state index in [0.29, 0.717) is 12.6 Å². The van der Waals surface area contributed by atoms with E-state index in [1.165, 1.54) is 19.3 Å². The van der Waals surface area contributed by atoms with Gasteiger partial charge in [-0.2, -0.15) is 0 Å². The average Bonchev–Trinajstić information content (AvgIpc) is 3.32. The summed E-state index contributed by atoms with van der Waals surface area (Å²) in [7, 11) is 1.71. The number of likely N-dealkylation sites (tertiary alicyclic amines) is 1. The fraction of sp³-hybridized carbons (Fsp3) is 0.650. The van der Waals surface area contributed by atoms with Crippen molar-refractivity contribution in [3.8, 4) is 0 Å². The van der Waals surface area contributed by atoms with Gasteiger partial charge in [0, 0.05) is 44.9 Å². The van der Waals surface area contributed by atoms with Gasteiger partial charge in [0.05, 0.1) is 6.61 Å². The van der Waals surface area contributed by atoms with Crippen LogP contribution < -0.4 is 5.32 Å². The van der Waals surface area contributed by atoms with E-state index in [9.17, 15) is 4.79 Å². The summed E-state index contributed by atoms with van der Waals surface area (Å²) in [5, 5.41) is 3.24. The Morgan fingerprint density at radius 2 is 2.15 bits per heavy atom. The van der Waals surface area contributed by atoms with Gasteiger partial charge in [0.1, 0.15) is 11.3 Å². The lowest BCUT2D eigenvalue weighted by Crippen LogP contribution is -2.44. The molecule has 2 aliphatic rings. The van der Waals surface area contributed by atoms with Crippen molar-refractivity contribution in [2.24, 2.45) is 0 Å². The summed E-state index contributed by atoms with van der Waals surface area (Å²) < 4.78 is 7.43. The molecule has 1 saturated heterocycles. The highest BCUT2D eigenvalue weighted by atomic mass is 16.5. The predicted molar refractivity (Wildman–Crippen MR) is 104 cm³/mol. The monoisotopic (exact) mass is 371 g/mol. The fourth-order valence-electron chi connectivity index (χ4n) is 4.36. The number of rotatable bonds is 5. The summed E-state index contributed by atoms with van der Waals surface area (Å²) in [5.41, 5.74) is 1.81. The van der Waals surface area contributed by atoms with Crippen molar-refractivity contribution in [3.63, 3.8) is 0 Å². The standard InChI is InChI=1S/C20H29N5O2/c1-27-13-12-25-18(23-17-8-5-10-21-19(17)25)15-9-11-24(14-15)20(26)22-16-6-3-2-4-7-16/h5,8,10,15-16H,2-4,6-7,9,11-14H2,1H3,(H,22,26)/t15-/m0/s1. The number of fused-ring (bicyclic) bond motifs is 1. The normalized spacial score (nSPS) is 21.1. The number of ether oxygens (including phenoxy) is 1. The van der Waals surface area contributed by atoms with Crippen molar-refractivity contribution in [3.05, 3.63) is 24.2 Å². The maximum atomic E-state index is 12.7. The number of imidazole rings is 1. The van der Waals surface area contributed by atoms with E-state index < -0.39 is 0 Å². The van der Waals surface area contributed by atoms with Crippen LogP contribution in [0.2, 0.25) is 0 Å². The number of carbonyl (C=O) groups is 1. The van der Waals surface area contributed by atoms with Crippen LogP contribution in [0.15, 0.2) is 18.3 Å². The Morgan fingerprint density at radius 3 is 2.96 bits per heavy atom. The lowest BCUT2D eigenvalue weighted by molar-refractivity contribution is 0.186. The smallest absolute Gasteiger partial charge is 0.317 e. The van der Waals surface area contributed by atoms with Crippen molar-refractivity contribution in [1.29, 1.82) is 0 Å². The molecule has 27 heavy (non-hydrogen) atoms. The second-order valence-corrected chi connectivity index (χ2v) is 7.68. The molecular formula is C20H29N5O2. The Morgan fingerprint density at radius 1 is 1.30 bits per heavy atom. The maximum absolute atomic E-state index is 12.7. The molecule has 7 nitrogen and oxygen atoms in total. The van der Waals surface area contributed by atoms with Crippen molar-refractivity contribution < 1.29 is 9.53 Å². The topological polar surface area (TPSA) is 72.3 Å². The number of hydrogen-bond donors (Lipinski definition) is 1. The summed E-state index contributed by atoms with van der Waals surface area (Å²) in [6.45, 7) is 2.84. The lowest BCUT2D eigenvalue weighted by atomic mass is 9.96. The first-order valence-corrected chi connectivity index (χ1v) is 10.1. The van der Waals surface area contributed by atoms with Crippen molar-refractivity contribution in [2.75, 3.05) is 26.8 Å². The minimum Gasteiger partial charge on any atom is -0.383 e. The number of pyridine rings is 1. The van der Waals surface area contributed by atoms with Gasteiger partial charge >= 0.3 is 6.03 Å². The molecule has 0 radical (unpaired) electrons. The van der Waals surface area contributed by atoms with Crippen molar-refractivity contribution in [2.45, 2.75) is 57.0 Å². The Balaban J connectivity index is 1.47. The second kappa shape index (κ2) is 8.25. The molecule has 2 amide bonds. The Kier molecular flexibility index (Phi) is 5.57. The third-order valence-electron chi connectivity index (χ3n) is 5.83. The Hall–Kier alpha value is -2.15. The third kappa shape index (κ3) is 3.93. The summed E-state index contributed by atoms with van der Waals surface area (Å²) in [5.74, 6) is 1.27. The van der Waals surface area contributed by atoms with Gasteiger partial charge in [-0.25, -0.2) is 14.8 Å². The van der Waals surface area contributed by atoms with Gasteiger partial charge in [-0.05, 0) is 31.4 Å². The second-order valence-electron chi connectivity index (χ2n) is 7.68. The molecule has 1 aliphatic carbocycles. The number of urea groups is 1. The summed E-state index contributed by atoms with van der Waals surface area (Å²) in [6, 6.07) is 4.35. The first-order valence-electron chi connectivity index (χ1n) is 10.1. The van der Waals surface area contributed by atoms with Gasteiger partial charge < -0.3 is 19.5 Å². The van der Waals surface area contributed by atoms with E-state index in [1.54, 1.807) is 13.3 Å². The number of amides is 2. The van der Waals surface area contributed by atoms with E-state index in [4.69, 9.17) is 9.72 Å². The molecule has 4 rings (SSSR count). The number of hydrogen-bond acceptors (Lipinski definition) is 4. The van der Waals surface area contributed by atoms with E-state index in [-0.39, 0.29) is 11.9 Å². The molecule has 1 atom stereocenters.